The van der Waals surface area contributed by atoms with Crippen LogP contribution in [0.15, 0.2) is 55.6 Å². The molecule has 1 atom stereocenters. The van der Waals surface area contributed by atoms with Crippen molar-refractivity contribution in [3.05, 3.63) is 72.3 Å². The molecule has 2 rings (SSSR count). The van der Waals surface area contributed by atoms with Crippen molar-refractivity contribution in [3.8, 4) is 23.3 Å². The molecule has 0 aliphatic heterocycles. The largest absolute Gasteiger partial charge is 0.497 e. The van der Waals surface area contributed by atoms with Crippen LogP contribution in [0.2, 0.25) is 0 Å². The summed E-state index contributed by atoms with van der Waals surface area (Å²) >= 11 is 0. The maximum absolute atomic E-state index is 11.4. The lowest BCUT2D eigenvalue weighted by molar-refractivity contribution is -0.153. The second-order valence-electron chi connectivity index (χ2n) is 6.64. The molecule has 2 aromatic carbocycles. The molecule has 0 spiro atoms. The Morgan fingerprint density at radius 3 is 2.53 bits per heavy atom. The van der Waals surface area contributed by atoms with Gasteiger partial charge in [0.2, 0.25) is 0 Å². The molecule has 1 N–H and O–H groups in total. The SMILES string of the molecule is C=C.COc1cccc(C#CCOc2cc(CC(OC(C)C)C(=O)O)ccc2C)c1. The first-order chi connectivity index (χ1) is 14.4. The van der Waals surface area contributed by atoms with Crippen LogP contribution in [0.5, 0.6) is 11.5 Å². The molecule has 160 valence electrons. The minimum atomic E-state index is -0.971. The van der Waals surface area contributed by atoms with Crippen molar-refractivity contribution < 1.29 is 24.1 Å². The Morgan fingerprint density at radius 2 is 1.90 bits per heavy atom. The molecule has 2 aromatic rings. The van der Waals surface area contributed by atoms with E-state index in [1.165, 1.54) is 0 Å². The van der Waals surface area contributed by atoms with Crippen molar-refractivity contribution in [2.45, 2.75) is 39.4 Å². The van der Waals surface area contributed by atoms with Crippen molar-refractivity contribution in [1.82, 2.24) is 0 Å². The number of aryl methyl sites for hydroxylation is 1. The second-order valence-corrected chi connectivity index (χ2v) is 6.64. The van der Waals surface area contributed by atoms with Gasteiger partial charge in [-0.15, -0.1) is 13.2 Å². The first-order valence-electron chi connectivity index (χ1n) is 9.62. The van der Waals surface area contributed by atoms with Crippen molar-refractivity contribution in [3.63, 3.8) is 0 Å². The summed E-state index contributed by atoms with van der Waals surface area (Å²) in [5, 5.41) is 9.34. The molecule has 0 saturated carbocycles. The number of ether oxygens (including phenoxy) is 3. The van der Waals surface area contributed by atoms with E-state index in [2.05, 4.69) is 25.0 Å². The average Bonchev–Trinajstić information content (AvgIpc) is 2.74. The predicted octanol–water partition coefficient (Wildman–Crippen LogP) is 4.66. The number of aliphatic carboxylic acids is 1. The summed E-state index contributed by atoms with van der Waals surface area (Å²) < 4.78 is 16.4. The highest BCUT2D eigenvalue weighted by atomic mass is 16.5. The van der Waals surface area contributed by atoms with Gasteiger partial charge < -0.3 is 19.3 Å². The van der Waals surface area contributed by atoms with Gasteiger partial charge in [0.15, 0.2) is 6.10 Å². The van der Waals surface area contributed by atoms with Crippen LogP contribution in [0.3, 0.4) is 0 Å². The molecule has 0 fully saturated rings. The van der Waals surface area contributed by atoms with Crippen LogP contribution in [-0.4, -0.2) is 37.0 Å². The van der Waals surface area contributed by atoms with E-state index in [1.807, 2.05) is 63.2 Å². The van der Waals surface area contributed by atoms with Crippen LogP contribution >= 0.6 is 0 Å². The van der Waals surface area contributed by atoms with Gasteiger partial charge in [-0.05, 0) is 56.2 Å². The van der Waals surface area contributed by atoms with Gasteiger partial charge in [0.05, 0.1) is 13.2 Å². The van der Waals surface area contributed by atoms with Gasteiger partial charge in [0.25, 0.3) is 0 Å². The number of carboxylic acid groups (broad SMARTS) is 1. The molecule has 5 heteroatoms. The molecule has 0 amide bonds. The highest BCUT2D eigenvalue weighted by molar-refractivity contribution is 5.72. The molecule has 0 heterocycles. The lowest BCUT2D eigenvalue weighted by atomic mass is 10.0. The zero-order chi connectivity index (χ0) is 22.5. The summed E-state index contributed by atoms with van der Waals surface area (Å²) in [7, 11) is 1.62. The molecule has 0 saturated heterocycles. The minimum Gasteiger partial charge on any atom is -0.497 e. The first-order valence-corrected chi connectivity index (χ1v) is 9.62. The van der Waals surface area contributed by atoms with Crippen molar-refractivity contribution in [1.29, 1.82) is 0 Å². The highest BCUT2D eigenvalue weighted by Crippen LogP contribution is 2.21. The van der Waals surface area contributed by atoms with Crippen LogP contribution in [0, 0.1) is 18.8 Å². The summed E-state index contributed by atoms with van der Waals surface area (Å²) in [5.41, 5.74) is 2.65. The Kier molecular flexibility index (Phi) is 10.8. The Bertz CT molecular complexity index is 877. The van der Waals surface area contributed by atoms with Gasteiger partial charge in [-0.2, -0.15) is 0 Å². The van der Waals surface area contributed by atoms with Gasteiger partial charge >= 0.3 is 5.97 Å². The third-order valence-corrected chi connectivity index (χ3v) is 3.99. The summed E-state index contributed by atoms with van der Waals surface area (Å²) in [6.45, 7) is 11.8. The quantitative estimate of drug-likeness (QED) is 0.507. The van der Waals surface area contributed by atoms with Gasteiger partial charge in [0.1, 0.15) is 18.1 Å². The third-order valence-electron chi connectivity index (χ3n) is 3.99. The first kappa shape index (κ1) is 24.8. The number of methoxy groups -OCH3 is 1. The van der Waals surface area contributed by atoms with E-state index in [0.29, 0.717) is 5.75 Å². The predicted molar refractivity (Wildman–Crippen MR) is 119 cm³/mol. The number of carbonyl (C=O) groups is 1. The standard InChI is InChI=1S/C23H26O5.C2H4/c1-16(2)28-22(23(24)25)15-19-11-10-17(3)21(14-19)27-12-6-8-18-7-5-9-20(13-18)26-4;1-2/h5,7,9-11,13-14,16,22H,12,15H2,1-4H3,(H,24,25);1-2H2. The van der Waals surface area contributed by atoms with E-state index in [4.69, 9.17) is 14.2 Å². The lowest BCUT2D eigenvalue weighted by Gasteiger charge is -2.17. The zero-order valence-corrected chi connectivity index (χ0v) is 18.1. The second kappa shape index (κ2) is 13.1. The third kappa shape index (κ3) is 8.42. The van der Waals surface area contributed by atoms with Crippen LogP contribution in [0.1, 0.15) is 30.5 Å². The minimum absolute atomic E-state index is 0.158. The Labute approximate surface area is 179 Å². The van der Waals surface area contributed by atoms with Gasteiger partial charge in [-0.1, -0.05) is 30.0 Å². The van der Waals surface area contributed by atoms with Crippen LogP contribution in [-0.2, 0) is 16.0 Å². The van der Waals surface area contributed by atoms with Crippen LogP contribution in [0.25, 0.3) is 0 Å². The molecular formula is C25H30O5. The number of rotatable bonds is 8. The molecule has 0 aromatic heterocycles. The number of hydrogen-bond donors (Lipinski definition) is 1. The van der Waals surface area contributed by atoms with E-state index < -0.39 is 12.1 Å². The fourth-order valence-corrected chi connectivity index (χ4v) is 2.62. The molecule has 30 heavy (non-hydrogen) atoms. The number of benzene rings is 2. The zero-order valence-electron chi connectivity index (χ0n) is 18.1. The molecule has 1 unspecified atom stereocenters. The molecule has 0 bridgehead atoms. The van der Waals surface area contributed by atoms with E-state index in [-0.39, 0.29) is 19.1 Å². The Morgan fingerprint density at radius 1 is 1.17 bits per heavy atom. The molecule has 0 aliphatic carbocycles. The highest BCUT2D eigenvalue weighted by Gasteiger charge is 2.20. The molecule has 0 radical (unpaired) electrons. The van der Waals surface area contributed by atoms with Gasteiger partial charge in [-0.3, -0.25) is 0 Å². The fraction of sp³-hybridized carbons (Fsp3) is 0.320. The summed E-state index contributed by atoms with van der Waals surface area (Å²) in [6.07, 6.45) is -0.767. The monoisotopic (exact) mass is 410 g/mol. The van der Waals surface area contributed by atoms with E-state index >= 15 is 0 Å². The fourth-order valence-electron chi connectivity index (χ4n) is 2.62. The maximum Gasteiger partial charge on any atom is 0.333 e. The lowest BCUT2D eigenvalue weighted by Crippen LogP contribution is -2.29. The topological polar surface area (TPSA) is 65.0 Å². The van der Waals surface area contributed by atoms with E-state index in [1.54, 1.807) is 7.11 Å². The van der Waals surface area contributed by atoms with Crippen molar-refractivity contribution in [2.75, 3.05) is 13.7 Å². The van der Waals surface area contributed by atoms with Gasteiger partial charge in [0, 0.05) is 12.0 Å². The average molecular weight is 411 g/mol. The molecular weight excluding hydrogens is 380 g/mol. The summed E-state index contributed by atoms with van der Waals surface area (Å²) in [4.78, 5) is 11.4. The maximum atomic E-state index is 11.4. The summed E-state index contributed by atoms with van der Waals surface area (Å²) in [6, 6.07) is 13.2. The summed E-state index contributed by atoms with van der Waals surface area (Å²) in [5.74, 6) is 6.50. The van der Waals surface area contributed by atoms with E-state index in [9.17, 15) is 9.90 Å². The van der Waals surface area contributed by atoms with Crippen molar-refractivity contribution in [2.24, 2.45) is 0 Å². The number of hydrogen-bond acceptors (Lipinski definition) is 4. The van der Waals surface area contributed by atoms with Gasteiger partial charge in [-0.25, -0.2) is 4.79 Å². The normalized spacial score (nSPS) is 10.8. The Hall–Kier alpha value is -3.23. The van der Waals surface area contributed by atoms with Crippen molar-refractivity contribution >= 4 is 5.97 Å². The Balaban J connectivity index is 0.00000218. The number of carboxylic acids is 1. The van der Waals surface area contributed by atoms with Crippen LogP contribution < -0.4 is 9.47 Å². The van der Waals surface area contributed by atoms with E-state index in [0.717, 1.165) is 22.4 Å². The van der Waals surface area contributed by atoms with Crippen LogP contribution in [0.4, 0.5) is 0 Å². The smallest absolute Gasteiger partial charge is 0.333 e. The molecule has 5 nitrogen and oxygen atoms in total. The molecule has 0 aliphatic rings.